The van der Waals surface area contributed by atoms with Crippen molar-refractivity contribution >= 4 is 22.6 Å². The van der Waals surface area contributed by atoms with Crippen molar-refractivity contribution in [2.24, 2.45) is 0 Å². The minimum atomic E-state index is -0.250. The summed E-state index contributed by atoms with van der Waals surface area (Å²) in [5, 5.41) is 3.65. The van der Waals surface area contributed by atoms with Crippen LogP contribution >= 0.6 is 0 Å². The summed E-state index contributed by atoms with van der Waals surface area (Å²) in [6.07, 6.45) is 0. The summed E-state index contributed by atoms with van der Waals surface area (Å²) in [4.78, 5) is 22.3. The van der Waals surface area contributed by atoms with E-state index < -0.39 is 0 Å². The van der Waals surface area contributed by atoms with Gasteiger partial charge in [0.1, 0.15) is 17.3 Å². The molecule has 2 heterocycles. The molecule has 0 spiro atoms. The molecule has 2 aromatic heterocycles. The number of ether oxygens (including phenoxy) is 2. The maximum absolute atomic E-state index is 13.1. The van der Waals surface area contributed by atoms with Gasteiger partial charge in [0.2, 0.25) is 0 Å². The highest BCUT2D eigenvalue weighted by Crippen LogP contribution is 2.34. The molecule has 0 saturated heterocycles. The van der Waals surface area contributed by atoms with Gasteiger partial charge in [-0.15, -0.1) is 0 Å². The first kappa shape index (κ1) is 19.4. The van der Waals surface area contributed by atoms with Crippen LogP contribution in [0.25, 0.3) is 22.2 Å². The van der Waals surface area contributed by atoms with Crippen molar-refractivity contribution in [2.75, 3.05) is 19.5 Å². The van der Waals surface area contributed by atoms with E-state index in [1.54, 1.807) is 32.4 Å². The van der Waals surface area contributed by atoms with E-state index in [1.165, 1.54) is 0 Å². The molecule has 0 aliphatic rings. The molecule has 0 aliphatic heterocycles. The average molecular weight is 399 g/mol. The van der Waals surface area contributed by atoms with Crippen LogP contribution < -0.4 is 14.8 Å². The number of nitrogens with one attached hydrogen (secondary N) is 1. The number of methoxy groups -OCH3 is 2. The van der Waals surface area contributed by atoms with Crippen molar-refractivity contribution in [2.45, 2.75) is 6.92 Å². The molecule has 0 saturated carbocycles. The number of carbonyl (C=O) groups excluding carboxylic acids is 1. The van der Waals surface area contributed by atoms with E-state index in [0.717, 1.165) is 22.2 Å². The topological polar surface area (TPSA) is 73.3 Å². The third-order valence-electron chi connectivity index (χ3n) is 4.78. The second kappa shape index (κ2) is 8.21. The lowest BCUT2D eigenvalue weighted by atomic mass is 10.0. The first-order chi connectivity index (χ1) is 14.6. The Hall–Kier alpha value is -3.93. The van der Waals surface area contributed by atoms with Gasteiger partial charge in [0, 0.05) is 22.7 Å². The first-order valence-electron chi connectivity index (χ1n) is 9.46. The van der Waals surface area contributed by atoms with Gasteiger partial charge in [0.15, 0.2) is 0 Å². The van der Waals surface area contributed by atoms with Crippen LogP contribution in [0.4, 0.5) is 5.82 Å². The van der Waals surface area contributed by atoms with Crippen LogP contribution in [0.5, 0.6) is 11.5 Å². The largest absolute Gasteiger partial charge is 0.497 e. The number of hydrogen-bond acceptors (Lipinski definition) is 5. The zero-order valence-electron chi connectivity index (χ0n) is 17.0. The lowest BCUT2D eigenvalue weighted by Gasteiger charge is -2.13. The molecule has 4 rings (SSSR count). The van der Waals surface area contributed by atoms with Crippen LogP contribution in [0.1, 0.15) is 16.1 Å². The van der Waals surface area contributed by atoms with Crippen molar-refractivity contribution < 1.29 is 14.3 Å². The fraction of sp³-hybridized carbons (Fsp3) is 0.125. The summed E-state index contributed by atoms with van der Waals surface area (Å²) < 4.78 is 10.8. The molecule has 0 bridgehead atoms. The Kier molecular flexibility index (Phi) is 5.30. The molecule has 6 heteroatoms. The van der Waals surface area contributed by atoms with Crippen LogP contribution in [0.2, 0.25) is 0 Å². The number of nitrogens with zero attached hydrogens (tertiary/aromatic N) is 2. The molecule has 0 radical (unpaired) electrons. The van der Waals surface area contributed by atoms with Gasteiger partial charge in [-0.1, -0.05) is 24.3 Å². The second-order valence-electron chi connectivity index (χ2n) is 6.76. The zero-order valence-corrected chi connectivity index (χ0v) is 17.0. The minimum absolute atomic E-state index is 0.250. The summed E-state index contributed by atoms with van der Waals surface area (Å²) in [6, 6.07) is 20.3. The van der Waals surface area contributed by atoms with Gasteiger partial charge >= 0.3 is 0 Å². The zero-order chi connectivity index (χ0) is 21.1. The Morgan fingerprint density at radius 1 is 0.900 bits per heavy atom. The number of benzene rings is 2. The number of hydrogen-bond donors (Lipinski definition) is 1. The van der Waals surface area contributed by atoms with Crippen LogP contribution in [-0.4, -0.2) is 30.1 Å². The molecule has 0 unspecified atom stereocenters. The Labute approximate surface area is 174 Å². The number of aryl methyl sites for hydroxylation is 1. The number of rotatable bonds is 5. The maximum Gasteiger partial charge on any atom is 0.257 e. The third kappa shape index (κ3) is 3.80. The van der Waals surface area contributed by atoms with Gasteiger partial charge in [0.05, 0.1) is 31.0 Å². The van der Waals surface area contributed by atoms with Gasteiger partial charge in [-0.3, -0.25) is 4.79 Å². The number of carbonyl (C=O) groups is 1. The number of aromatic nitrogens is 2. The van der Waals surface area contributed by atoms with Crippen molar-refractivity contribution in [1.29, 1.82) is 0 Å². The van der Waals surface area contributed by atoms with Gasteiger partial charge in [0.25, 0.3) is 5.91 Å². The van der Waals surface area contributed by atoms with E-state index in [9.17, 15) is 4.79 Å². The van der Waals surface area contributed by atoms with E-state index in [-0.39, 0.29) is 5.91 Å². The average Bonchev–Trinajstić information content (AvgIpc) is 2.77. The molecule has 0 atom stereocenters. The molecule has 6 nitrogen and oxygen atoms in total. The molecular formula is C24H21N3O3. The van der Waals surface area contributed by atoms with E-state index in [0.29, 0.717) is 28.6 Å². The predicted octanol–water partition coefficient (Wildman–Crippen LogP) is 4.87. The molecule has 2 aromatic carbocycles. The fourth-order valence-corrected chi connectivity index (χ4v) is 3.31. The second-order valence-corrected chi connectivity index (χ2v) is 6.76. The summed E-state index contributed by atoms with van der Waals surface area (Å²) in [7, 11) is 3.20. The van der Waals surface area contributed by atoms with Gasteiger partial charge < -0.3 is 14.8 Å². The molecule has 30 heavy (non-hydrogen) atoms. The lowest BCUT2D eigenvalue weighted by molar-refractivity contribution is 0.102. The van der Waals surface area contributed by atoms with Crippen LogP contribution in [0.15, 0.2) is 66.7 Å². The van der Waals surface area contributed by atoms with Gasteiger partial charge in [-0.05, 0) is 43.3 Å². The fourth-order valence-electron chi connectivity index (χ4n) is 3.31. The van der Waals surface area contributed by atoms with Crippen molar-refractivity contribution in [3.8, 4) is 22.8 Å². The molecule has 1 amide bonds. The normalized spacial score (nSPS) is 10.6. The molecule has 0 aliphatic carbocycles. The van der Waals surface area contributed by atoms with Gasteiger partial charge in [-0.2, -0.15) is 0 Å². The summed E-state index contributed by atoms with van der Waals surface area (Å²) in [6.45, 7) is 1.88. The molecular weight excluding hydrogens is 378 g/mol. The van der Waals surface area contributed by atoms with Crippen LogP contribution in [0, 0.1) is 6.92 Å². The maximum atomic E-state index is 13.1. The predicted molar refractivity (Wildman–Crippen MR) is 117 cm³/mol. The Bertz CT molecular complexity index is 1240. The van der Waals surface area contributed by atoms with E-state index >= 15 is 0 Å². The number of amides is 1. The lowest BCUT2D eigenvalue weighted by Crippen LogP contribution is -2.14. The highest BCUT2D eigenvalue weighted by Gasteiger charge is 2.17. The summed E-state index contributed by atoms with van der Waals surface area (Å²) >= 11 is 0. The molecule has 0 fully saturated rings. The van der Waals surface area contributed by atoms with Crippen LogP contribution in [-0.2, 0) is 0 Å². The SMILES string of the molecule is COc1ccc(-c2cc(C(=O)Nc3cccc(C)n3)c3ccccc3n2)c(OC)c1. The number of anilines is 1. The van der Waals surface area contributed by atoms with E-state index in [4.69, 9.17) is 14.5 Å². The third-order valence-corrected chi connectivity index (χ3v) is 4.78. The minimum Gasteiger partial charge on any atom is -0.497 e. The van der Waals surface area contributed by atoms with E-state index in [2.05, 4.69) is 10.3 Å². The quantitative estimate of drug-likeness (QED) is 0.518. The highest BCUT2D eigenvalue weighted by molar-refractivity contribution is 6.12. The smallest absolute Gasteiger partial charge is 0.257 e. The van der Waals surface area contributed by atoms with Crippen molar-refractivity contribution in [1.82, 2.24) is 9.97 Å². The standard InChI is InChI=1S/C24H21N3O3/c1-15-7-6-10-23(25-15)27-24(28)19-14-21(26-20-9-5-4-8-17(19)20)18-12-11-16(29-2)13-22(18)30-3/h4-14H,1-3H3,(H,25,27,28). The Morgan fingerprint density at radius 3 is 2.50 bits per heavy atom. The van der Waals surface area contributed by atoms with E-state index in [1.807, 2.05) is 55.5 Å². The number of fused-ring (bicyclic) bond motifs is 1. The molecule has 4 aromatic rings. The number of para-hydroxylation sites is 1. The molecule has 1 N–H and O–H groups in total. The molecule has 150 valence electrons. The van der Waals surface area contributed by atoms with Crippen molar-refractivity contribution in [3.63, 3.8) is 0 Å². The number of pyridine rings is 2. The monoisotopic (exact) mass is 399 g/mol. The highest BCUT2D eigenvalue weighted by atomic mass is 16.5. The Morgan fingerprint density at radius 2 is 1.73 bits per heavy atom. The van der Waals surface area contributed by atoms with Crippen LogP contribution in [0.3, 0.4) is 0 Å². The van der Waals surface area contributed by atoms with Crippen molar-refractivity contribution in [3.05, 3.63) is 78.0 Å². The summed E-state index contributed by atoms with van der Waals surface area (Å²) in [5.74, 6) is 1.55. The first-order valence-corrected chi connectivity index (χ1v) is 9.46. The summed E-state index contributed by atoms with van der Waals surface area (Å²) in [5.41, 5.74) is 3.46. The van der Waals surface area contributed by atoms with Gasteiger partial charge in [-0.25, -0.2) is 9.97 Å². The Balaban J connectivity index is 1.83.